The maximum absolute atomic E-state index is 8.81. The molecule has 0 amide bonds. The number of nitriles is 1. The summed E-state index contributed by atoms with van der Waals surface area (Å²) in [7, 11) is 0. The average molecular weight is 394 g/mol. The third kappa shape index (κ3) is 3.05. The number of thiophene rings is 1. The fourth-order valence-electron chi connectivity index (χ4n) is 2.67. The van der Waals surface area contributed by atoms with E-state index in [9.17, 15) is 0 Å². The molecule has 102 valence electrons. The molecule has 4 heteroatoms. The molecule has 2 aromatic rings. The van der Waals surface area contributed by atoms with Crippen LogP contribution in [0.25, 0.3) is 0 Å². The normalized spacial score (nSPS) is 17.5. The number of nitrogens with zero attached hydrogens (tertiary/aromatic N) is 1. The van der Waals surface area contributed by atoms with Gasteiger partial charge < -0.3 is 5.32 Å². The van der Waals surface area contributed by atoms with Crippen molar-refractivity contribution in [1.29, 1.82) is 5.26 Å². The summed E-state index contributed by atoms with van der Waals surface area (Å²) in [5.41, 5.74) is 3.46. The second-order valence-electron chi connectivity index (χ2n) is 5.06. The first kappa shape index (κ1) is 14.1. The second-order valence-corrected chi connectivity index (χ2v) is 8.09. The van der Waals surface area contributed by atoms with Crippen molar-refractivity contribution in [2.24, 2.45) is 0 Å². The summed E-state index contributed by atoms with van der Waals surface area (Å²) in [5, 5.41) is 12.5. The standard InChI is InChI=1S/C16H15IN2S/c17-16-8-13-14(2-1-3-15(13)20-16)19-10-12-6-4-11(9-18)5-7-12/h4-8,14,19H,1-3,10H2. The van der Waals surface area contributed by atoms with Gasteiger partial charge in [0.05, 0.1) is 14.5 Å². The SMILES string of the molecule is N#Cc1ccc(CNC2CCCc3sc(I)cc32)cc1. The third-order valence-corrected chi connectivity index (χ3v) is 5.69. The fourth-order valence-corrected chi connectivity index (χ4v) is 4.79. The Morgan fingerprint density at radius 2 is 2.15 bits per heavy atom. The molecule has 0 saturated carbocycles. The summed E-state index contributed by atoms with van der Waals surface area (Å²) in [6.45, 7) is 0.863. The molecule has 1 aliphatic carbocycles. The van der Waals surface area contributed by atoms with Gasteiger partial charge in [0.25, 0.3) is 0 Å². The van der Waals surface area contributed by atoms with Crippen LogP contribution in [0.5, 0.6) is 0 Å². The molecule has 0 fully saturated rings. The largest absolute Gasteiger partial charge is 0.306 e. The zero-order valence-corrected chi connectivity index (χ0v) is 14.0. The van der Waals surface area contributed by atoms with Crippen molar-refractivity contribution in [3.8, 4) is 6.07 Å². The zero-order valence-electron chi connectivity index (χ0n) is 11.0. The van der Waals surface area contributed by atoms with Gasteiger partial charge in [0.2, 0.25) is 0 Å². The van der Waals surface area contributed by atoms with Crippen molar-refractivity contribution in [3.63, 3.8) is 0 Å². The number of halogens is 1. The highest BCUT2D eigenvalue weighted by Gasteiger charge is 2.21. The van der Waals surface area contributed by atoms with E-state index < -0.39 is 0 Å². The van der Waals surface area contributed by atoms with Gasteiger partial charge in [-0.1, -0.05) is 12.1 Å². The van der Waals surface area contributed by atoms with Crippen LogP contribution in [0.3, 0.4) is 0 Å². The maximum Gasteiger partial charge on any atom is 0.0991 e. The van der Waals surface area contributed by atoms with E-state index in [0.717, 1.165) is 12.1 Å². The van der Waals surface area contributed by atoms with Gasteiger partial charge in [-0.3, -0.25) is 0 Å². The molecule has 0 spiro atoms. The molecule has 1 heterocycles. The molecule has 1 aromatic carbocycles. The Hall–Kier alpha value is -0.900. The molecule has 1 N–H and O–H groups in total. The first-order valence-corrected chi connectivity index (χ1v) is 8.66. The lowest BCUT2D eigenvalue weighted by Crippen LogP contribution is -2.23. The maximum atomic E-state index is 8.81. The molecule has 1 aromatic heterocycles. The fraction of sp³-hybridized carbons (Fsp3) is 0.312. The summed E-state index contributed by atoms with van der Waals surface area (Å²) in [4.78, 5) is 1.55. The molecule has 20 heavy (non-hydrogen) atoms. The minimum Gasteiger partial charge on any atom is -0.306 e. The molecule has 0 saturated heterocycles. The van der Waals surface area contributed by atoms with Crippen LogP contribution in [-0.4, -0.2) is 0 Å². The number of fused-ring (bicyclic) bond motifs is 1. The van der Waals surface area contributed by atoms with Crippen LogP contribution in [0.15, 0.2) is 30.3 Å². The molecular weight excluding hydrogens is 379 g/mol. The molecule has 1 aliphatic rings. The summed E-state index contributed by atoms with van der Waals surface area (Å²) in [6, 6.07) is 12.8. The monoisotopic (exact) mass is 394 g/mol. The lowest BCUT2D eigenvalue weighted by Gasteiger charge is -2.23. The minimum absolute atomic E-state index is 0.481. The van der Waals surface area contributed by atoms with Gasteiger partial charge in [0.1, 0.15) is 0 Å². The number of hydrogen-bond donors (Lipinski definition) is 1. The lowest BCUT2D eigenvalue weighted by atomic mass is 9.94. The Labute approximate surface area is 137 Å². The zero-order chi connectivity index (χ0) is 13.9. The van der Waals surface area contributed by atoms with Crippen molar-refractivity contribution in [1.82, 2.24) is 5.32 Å². The van der Waals surface area contributed by atoms with E-state index in [1.807, 2.05) is 35.6 Å². The van der Waals surface area contributed by atoms with Crippen LogP contribution < -0.4 is 5.32 Å². The second kappa shape index (κ2) is 6.25. The molecule has 0 bridgehead atoms. The summed E-state index contributed by atoms with van der Waals surface area (Å²) in [6.07, 6.45) is 3.72. The van der Waals surface area contributed by atoms with Crippen LogP contribution in [0.4, 0.5) is 0 Å². The Morgan fingerprint density at radius 3 is 2.90 bits per heavy atom. The highest BCUT2D eigenvalue weighted by Crippen LogP contribution is 2.36. The minimum atomic E-state index is 0.481. The third-order valence-electron chi connectivity index (χ3n) is 3.72. The highest BCUT2D eigenvalue weighted by molar-refractivity contribution is 14.1. The molecule has 2 nitrogen and oxygen atoms in total. The molecule has 1 unspecified atom stereocenters. The molecule has 0 radical (unpaired) electrons. The predicted molar refractivity (Wildman–Crippen MR) is 90.7 cm³/mol. The summed E-state index contributed by atoms with van der Waals surface area (Å²) < 4.78 is 1.39. The van der Waals surface area contributed by atoms with Crippen molar-refractivity contribution < 1.29 is 0 Å². The van der Waals surface area contributed by atoms with Gasteiger partial charge in [-0.25, -0.2) is 0 Å². The Balaban J connectivity index is 1.68. The van der Waals surface area contributed by atoms with E-state index in [0.29, 0.717) is 6.04 Å². The van der Waals surface area contributed by atoms with Crippen molar-refractivity contribution >= 4 is 33.9 Å². The molecular formula is C16H15IN2S. The Kier molecular flexibility index (Phi) is 4.39. The Morgan fingerprint density at radius 1 is 1.35 bits per heavy atom. The number of nitrogens with one attached hydrogen (secondary N) is 1. The number of benzene rings is 1. The van der Waals surface area contributed by atoms with Crippen molar-refractivity contribution in [3.05, 3.63) is 54.8 Å². The van der Waals surface area contributed by atoms with Crippen molar-refractivity contribution in [2.75, 3.05) is 0 Å². The first-order chi connectivity index (χ1) is 9.76. The van der Waals surface area contributed by atoms with Gasteiger partial charge in [0.15, 0.2) is 0 Å². The van der Waals surface area contributed by atoms with Crippen LogP contribution >= 0.6 is 33.9 Å². The van der Waals surface area contributed by atoms with E-state index in [2.05, 4.69) is 40.0 Å². The number of aryl methyl sites for hydroxylation is 1. The Bertz CT molecular complexity index is 639. The van der Waals surface area contributed by atoms with Crippen LogP contribution in [0.1, 0.15) is 40.5 Å². The molecule has 1 atom stereocenters. The van der Waals surface area contributed by atoms with Crippen LogP contribution in [0.2, 0.25) is 0 Å². The summed E-state index contributed by atoms with van der Waals surface area (Å²) >= 11 is 4.35. The van der Waals surface area contributed by atoms with E-state index >= 15 is 0 Å². The van der Waals surface area contributed by atoms with E-state index in [1.165, 1.54) is 33.3 Å². The van der Waals surface area contributed by atoms with Gasteiger partial charge in [0, 0.05) is 17.5 Å². The molecule has 0 aliphatic heterocycles. The van der Waals surface area contributed by atoms with E-state index in [1.54, 1.807) is 4.88 Å². The van der Waals surface area contributed by atoms with Crippen molar-refractivity contribution in [2.45, 2.75) is 31.8 Å². The molecule has 3 rings (SSSR count). The first-order valence-electron chi connectivity index (χ1n) is 6.77. The van der Waals surface area contributed by atoms with Gasteiger partial charge in [-0.2, -0.15) is 5.26 Å². The van der Waals surface area contributed by atoms with E-state index in [4.69, 9.17) is 5.26 Å². The van der Waals surface area contributed by atoms with Gasteiger partial charge in [-0.15, -0.1) is 11.3 Å². The quantitative estimate of drug-likeness (QED) is 0.784. The topological polar surface area (TPSA) is 35.8 Å². The highest BCUT2D eigenvalue weighted by atomic mass is 127. The average Bonchev–Trinajstić information content (AvgIpc) is 2.86. The number of rotatable bonds is 3. The van der Waals surface area contributed by atoms with Crippen LogP contribution in [0, 0.1) is 14.2 Å². The van der Waals surface area contributed by atoms with Gasteiger partial charge in [-0.05, 0) is 71.2 Å². The number of hydrogen-bond acceptors (Lipinski definition) is 3. The smallest absolute Gasteiger partial charge is 0.0991 e. The van der Waals surface area contributed by atoms with E-state index in [-0.39, 0.29) is 0 Å². The lowest BCUT2D eigenvalue weighted by molar-refractivity contribution is 0.463. The van der Waals surface area contributed by atoms with Crippen LogP contribution in [-0.2, 0) is 13.0 Å². The summed E-state index contributed by atoms with van der Waals surface area (Å²) in [5.74, 6) is 0. The predicted octanol–water partition coefficient (Wildman–Crippen LogP) is 4.39. The van der Waals surface area contributed by atoms with Gasteiger partial charge >= 0.3 is 0 Å².